The van der Waals surface area contributed by atoms with E-state index in [1.54, 1.807) is 0 Å². The molecule has 0 saturated carbocycles. The van der Waals surface area contributed by atoms with Gasteiger partial charge in [-0.1, -0.05) is 136 Å². The second-order valence-electron chi connectivity index (χ2n) is 8.72. The van der Waals surface area contributed by atoms with Crippen LogP contribution in [0.4, 0.5) is 0 Å². The lowest BCUT2D eigenvalue weighted by molar-refractivity contribution is -0.118. The second-order valence-corrected chi connectivity index (χ2v) is 8.72. The fourth-order valence-electron chi connectivity index (χ4n) is 3.60. The van der Waals surface area contributed by atoms with Gasteiger partial charge >= 0.3 is 0 Å². The number of rotatable bonds is 22. The van der Waals surface area contributed by atoms with Crippen molar-refractivity contribution in [2.75, 3.05) is 6.54 Å². The molecule has 0 fully saturated rings. The summed E-state index contributed by atoms with van der Waals surface area (Å²) in [6.07, 6.45) is 28.9. The molecule has 4 N–H and O–H groups in total. The zero-order valence-corrected chi connectivity index (χ0v) is 20.3. The van der Waals surface area contributed by atoms with Crippen LogP contribution in [0.3, 0.4) is 0 Å². The predicted octanol–water partition coefficient (Wildman–Crippen LogP) is 8.04. The van der Waals surface area contributed by atoms with Crippen molar-refractivity contribution in [2.24, 2.45) is 11.5 Å². The van der Waals surface area contributed by atoms with E-state index >= 15 is 0 Å². The molecule has 0 saturated heterocycles. The van der Waals surface area contributed by atoms with Gasteiger partial charge in [-0.2, -0.15) is 0 Å². The number of primary amides is 1. The molecule has 3 heteroatoms. The van der Waals surface area contributed by atoms with Crippen LogP contribution in [-0.2, 0) is 4.79 Å². The predicted molar refractivity (Wildman–Crippen MR) is 131 cm³/mol. The largest absolute Gasteiger partial charge is 0.370 e. The highest BCUT2D eigenvalue weighted by molar-refractivity contribution is 5.73. The third-order valence-electron chi connectivity index (χ3n) is 5.58. The summed E-state index contributed by atoms with van der Waals surface area (Å²) in [4.78, 5) is 10.5. The van der Waals surface area contributed by atoms with Crippen LogP contribution in [0.15, 0.2) is 0 Å². The highest BCUT2D eigenvalue weighted by Crippen LogP contribution is 2.12. The van der Waals surface area contributed by atoms with Crippen LogP contribution in [-0.4, -0.2) is 12.5 Å². The number of hydrogen-bond acceptors (Lipinski definition) is 2. The van der Waals surface area contributed by atoms with Gasteiger partial charge in [0.15, 0.2) is 0 Å². The number of nitrogens with two attached hydrogens (primary N) is 2. The monoisotopic (exact) mass is 412 g/mol. The second kappa shape index (κ2) is 29.6. The van der Waals surface area contributed by atoms with Crippen LogP contribution in [0.1, 0.15) is 155 Å². The van der Waals surface area contributed by atoms with Crippen LogP contribution >= 0.6 is 0 Å². The molecule has 29 heavy (non-hydrogen) atoms. The highest BCUT2D eigenvalue weighted by Gasteiger charge is 1.95. The summed E-state index contributed by atoms with van der Waals surface area (Å²) in [7, 11) is 0. The van der Waals surface area contributed by atoms with Crippen molar-refractivity contribution in [3.8, 4) is 0 Å². The van der Waals surface area contributed by atoms with E-state index in [4.69, 9.17) is 11.5 Å². The van der Waals surface area contributed by atoms with Crippen molar-refractivity contribution in [2.45, 2.75) is 155 Å². The summed E-state index contributed by atoms with van der Waals surface area (Å²) in [6, 6.07) is 0. The molecule has 0 aromatic heterocycles. The van der Waals surface area contributed by atoms with Crippen molar-refractivity contribution < 1.29 is 4.79 Å². The molecule has 0 aliphatic rings. The number of amides is 1. The zero-order chi connectivity index (χ0) is 21.8. The van der Waals surface area contributed by atoms with E-state index in [0.717, 1.165) is 13.0 Å². The lowest BCUT2D eigenvalue weighted by Gasteiger charge is -2.01. The van der Waals surface area contributed by atoms with E-state index in [9.17, 15) is 4.79 Å². The Kier molecular flexibility index (Phi) is 31.3. The molecule has 0 aromatic carbocycles. The Labute approximate surface area is 184 Å². The van der Waals surface area contributed by atoms with Gasteiger partial charge in [-0.15, -0.1) is 0 Å². The van der Waals surface area contributed by atoms with Crippen molar-refractivity contribution in [3.05, 3.63) is 0 Å². The van der Waals surface area contributed by atoms with Gasteiger partial charge in [0.1, 0.15) is 0 Å². The lowest BCUT2D eigenvalue weighted by Crippen LogP contribution is -2.09. The third-order valence-corrected chi connectivity index (χ3v) is 5.58. The highest BCUT2D eigenvalue weighted by atomic mass is 16.1. The maximum atomic E-state index is 10.5. The summed E-state index contributed by atoms with van der Waals surface area (Å²) in [5.41, 5.74) is 10.5. The van der Waals surface area contributed by atoms with E-state index in [-0.39, 0.29) is 5.91 Å². The van der Waals surface area contributed by atoms with Crippen molar-refractivity contribution in [1.29, 1.82) is 0 Å². The Morgan fingerprint density at radius 2 is 0.759 bits per heavy atom. The average molecular weight is 413 g/mol. The van der Waals surface area contributed by atoms with Gasteiger partial charge in [-0.05, 0) is 19.4 Å². The SMILES string of the molecule is CCCCCCCCCCCCCC(N)=O.CCCCCCCCCCCCN. The smallest absolute Gasteiger partial charge is 0.217 e. The summed E-state index contributed by atoms with van der Waals surface area (Å²) < 4.78 is 0. The van der Waals surface area contributed by atoms with Crippen molar-refractivity contribution >= 4 is 5.91 Å². The van der Waals surface area contributed by atoms with Crippen LogP contribution < -0.4 is 11.5 Å². The Balaban J connectivity index is 0. The fourth-order valence-corrected chi connectivity index (χ4v) is 3.60. The molecular weight excluding hydrogens is 356 g/mol. The van der Waals surface area contributed by atoms with Gasteiger partial charge in [-0.3, -0.25) is 4.79 Å². The van der Waals surface area contributed by atoms with Gasteiger partial charge in [0.25, 0.3) is 0 Å². The zero-order valence-electron chi connectivity index (χ0n) is 20.3. The molecule has 0 aliphatic heterocycles. The lowest BCUT2D eigenvalue weighted by atomic mass is 10.1. The van der Waals surface area contributed by atoms with Gasteiger partial charge in [0.2, 0.25) is 5.91 Å². The topological polar surface area (TPSA) is 69.1 Å². The van der Waals surface area contributed by atoms with Crippen LogP contribution in [0.5, 0.6) is 0 Å². The number of unbranched alkanes of at least 4 members (excludes halogenated alkanes) is 19. The number of hydrogen-bond donors (Lipinski definition) is 2. The molecule has 0 rings (SSSR count). The van der Waals surface area contributed by atoms with E-state index in [2.05, 4.69) is 13.8 Å². The van der Waals surface area contributed by atoms with E-state index < -0.39 is 0 Å². The van der Waals surface area contributed by atoms with E-state index in [1.807, 2.05) is 0 Å². The Bertz CT molecular complexity index is 284. The summed E-state index contributed by atoms with van der Waals surface area (Å²) in [5.74, 6) is -0.157. The van der Waals surface area contributed by atoms with Crippen molar-refractivity contribution in [1.82, 2.24) is 0 Å². The standard InChI is InChI=1S/C14H29NO.C12H27N/c1-2-3-4-5-6-7-8-9-10-11-12-13-14(15)16;1-2-3-4-5-6-7-8-9-10-11-12-13/h2-13H2,1H3,(H2,15,16);2-13H2,1H3. The Morgan fingerprint density at radius 3 is 1.03 bits per heavy atom. The van der Waals surface area contributed by atoms with Gasteiger partial charge in [0, 0.05) is 6.42 Å². The van der Waals surface area contributed by atoms with E-state index in [1.165, 1.54) is 128 Å². The molecule has 0 heterocycles. The minimum atomic E-state index is -0.157. The van der Waals surface area contributed by atoms with Crippen molar-refractivity contribution in [3.63, 3.8) is 0 Å². The van der Waals surface area contributed by atoms with Gasteiger partial charge < -0.3 is 11.5 Å². The third kappa shape index (κ3) is 35.3. The molecule has 0 radical (unpaired) electrons. The minimum absolute atomic E-state index is 0.157. The van der Waals surface area contributed by atoms with Crippen LogP contribution in [0, 0.1) is 0 Å². The molecule has 0 spiro atoms. The molecule has 0 aliphatic carbocycles. The Hall–Kier alpha value is -0.570. The first-order valence-electron chi connectivity index (χ1n) is 13.2. The van der Waals surface area contributed by atoms with Gasteiger partial charge in [-0.25, -0.2) is 0 Å². The first kappa shape index (κ1) is 30.6. The minimum Gasteiger partial charge on any atom is -0.370 e. The molecule has 1 amide bonds. The summed E-state index contributed by atoms with van der Waals surface area (Å²) in [6.45, 7) is 5.40. The first-order chi connectivity index (χ1) is 14.2. The normalized spacial score (nSPS) is 10.6. The quantitative estimate of drug-likeness (QED) is 0.177. The maximum Gasteiger partial charge on any atom is 0.217 e. The molecule has 0 atom stereocenters. The molecule has 176 valence electrons. The number of carbonyl (C=O) groups is 1. The van der Waals surface area contributed by atoms with Gasteiger partial charge in [0.05, 0.1) is 0 Å². The Morgan fingerprint density at radius 1 is 0.483 bits per heavy atom. The summed E-state index contributed by atoms with van der Waals surface area (Å²) in [5, 5.41) is 0. The van der Waals surface area contributed by atoms with Crippen LogP contribution in [0.25, 0.3) is 0 Å². The first-order valence-corrected chi connectivity index (χ1v) is 13.2. The summed E-state index contributed by atoms with van der Waals surface area (Å²) >= 11 is 0. The van der Waals surface area contributed by atoms with E-state index in [0.29, 0.717) is 6.42 Å². The molecular formula is C26H56N2O. The molecule has 3 nitrogen and oxygen atoms in total. The molecule has 0 unspecified atom stereocenters. The molecule has 0 bridgehead atoms. The maximum absolute atomic E-state index is 10.5. The van der Waals surface area contributed by atoms with Crippen LogP contribution in [0.2, 0.25) is 0 Å². The average Bonchev–Trinajstić information content (AvgIpc) is 2.71. The molecule has 0 aromatic rings. The fraction of sp³-hybridized carbons (Fsp3) is 0.962. The number of carbonyl (C=O) groups excluding carboxylic acids is 1.